The maximum absolute atomic E-state index is 12.4. The Hall–Kier alpha value is -2.18. The number of nitrogens with two attached hydrogens (primary N) is 1. The Labute approximate surface area is 127 Å². The number of benzene rings is 1. The van der Waals surface area contributed by atoms with E-state index in [0.29, 0.717) is 24.9 Å². The molecule has 0 radical (unpaired) electrons. The Morgan fingerprint density at radius 2 is 2.09 bits per heavy atom. The third kappa shape index (κ3) is 4.16. The SMILES string of the molecule is NC(=O)[C@H]1CCCN(C(=O)Cc2ccccc2OC(F)F)C1. The highest BCUT2D eigenvalue weighted by molar-refractivity contribution is 5.82. The lowest BCUT2D eigenvalue weighted by Gasteiger charge is -2.31. The molecule has 0 aromatic heterocycles. The minimum atomic E-state index is -2.94. The lowest BCUT2D eigenvalue weighted by molar-refractivity contribution is -0.134. The molecule has 1 aromatic rings. The van der Waals surface area contributed by atoms with E-state index in [1.165, 1.54) is 6.07 Å². The van der Waals surface area contributed by atoms with Crippen molar-refractivity contribution in [3.8, 4) is 5.75 Å². The van der Waals surface area contributed by atoms with E-state index < -0.39 is 12.5 Å². The van der Waals surface area contributed by atoms with Crippen LogP contribution in [-0.2, 0) is 16.0 Å². The van der Waals surface area contributed by atoms with Crippen LogP contribution in [0.25, 0.3) is 0 Å². The largest absolute Gasteiger partial charge is 0.435 e. The van der Waals surface area contributed by atoms with Crippen LogP contribution in [0.2, 0.25) is 0 Å². The van der Waals surface area contributed by atoms with Gasteiger partial charge in [0.05, 0.1) is 12.3 Å². The minimum Gasteiger partial charge on any atom is -0.435 e. The molecule has 2 amide bonds. The number of primary amides is 1. The van der Waals surface area contributed by atoms with Gasteiger partial charge in [-0.05, 0) is 18.9 Å². The van der Waals surface area contributed by atoms with Crippen LogP contribution < -0.4 is 10.5 Å². The van der Waals surface area contributed by atoms with Crippen molar-refractivity contribution < 1.29 is 23.1 Å². The zero-order valence-corrected chi connectivity index (χ0v) is 12.0. The average Bonchev–Trinajstić information content (AvgIpc) is 2.49. The summed E-state index contributed by atoms with van der Waals surface area (Å²) in [6.45, 7) is -2.11. The number of hydrogen-bond donors (Lipinski definition) is 1. The molecule has 1 atom stereocenters. The third-order valence-corrected chi connectivity index (χ3v) is 3.71. The predicted molar refractivity (Wildman–Crippen MR) is 75.3 cm³/mol. The molecule has 0 unspecified atom stereocenters. The summed E-state index contributed by atoms with van der Waals surface area (Å²) < 4.78 is 29.1. The van der Waals surface area contributed by atoms with Gasteiger partial charge in [0.15, 0.2) is 0 Å². The first-order valence-corrected chi connectivity index (χ1v) is 7.07. The Morgan fingerprint density at radius 3 is 2.77 bits per heavy atom. The summed E-state index contributed by atoms with van der Waals surface area (Å²) in [5, 5.41) is 0. The molecule has 5 nitrogen and oxygen atoms in total. The molecule has 0 spiro atoms. The van der Waals surface area contributed by atoms with E-state index in [9.17, 15) is 18.4 Å². The summed E-state index contributed by atoms with van der Waals surface area (Å²) in [5.41, 5.74) is 5.68. The van der Waals surface area contributed by atoms with E-state index in [0.717, 1.165) is 0 Å². The van der Waals surface area contributed by atoms with Crippen LogP contribution in [0.5, 0.6) is 5.75 Å². The van der Waals surface area contributed by atoms with Gasteiger partial charge in [0.1, 0.15) is 5.75 Å². The van der Waals surface area contributed by atoms with E-state index in [4.69, 9.17) is 5.73 Å². The summed E-state index contributed by atoms with van der Waals surface area (Å²) in [4.78, 5) is 25.1. The summed E-state index contributed by atoms with van der Waals surface area (Å²) in [6, 6.07) is 6.20. The number of amides is 2. The van der Waals surface area contributed by atoms with Gasteiger partial charge in [-0.25, -0.2) is 0 Å². The zero-order chi connectivity index (χ0) is 16.1. The summed E-state index contributed by atoms with van der Waals surface area (Å²) in [6.07, 6.45) is 1.33. The molecule has 2 rings (SSSR count). The fourth-order valence-corrected chi connectivity index (χ4v) is 2.57. The van der Waals surface area contributed by atoms with Crippen LogP contribution >= 0.6 is 0 Å². The van der Waals surface area contributed by atoms with Gasteiger partial charge in [0, 0.05) is 18.7 Å². The number of halogens is 2. The molecule has 7 heteroatoms. The highest BCUT2D eigenvalue weighted by atomic mass is 19.3. The van der Waals surface area contributed by atoms with E-state index in [1.54, 1.807) is 23.1 Å². The molecule has 0 aliphatic carbocycles. The molecule has 22 heavy (non-hydrogen) atoms. The number of hydrogen-bond acceptors (Lipinski definition) is 3. The second kappa shape index (κ2) is 7.20. The molecule has 1 saturated heterocycles. The summed E-state index contributed by atoms with van der Waals surface area (Å²) in [7, 11) is 0. The standard InChI is InChI=1S/C15H18F2N2O3/c16-15(17)22-12-6-2-1-4-10(12)8-13(20)19-7-3-5-11(9-19)14(18)21/h1-2,4,6,11,15H,3,5,7-9H2,(H2,18,21)/t11-/m0/s1. The number of para-hydroxylation sites is 1. The Kier molecular flexibility index (Phi) is 5.30. The molecule has 1 fully saturated rings. The van der Waals surface area contributed by atoms with Crippen LogP contribution in [-0.4, -0.2) is 36.4 Å². The summed E-state index contributed by atoms with van der Waals surface area (Å²) in [5.74, 6) is -0.991. The van der Waals surface area contributed by atoms with Crippen molar-refractivity contribution in [2.45, 2.75) is 25.9 Å². The molecular formula is C15H18F2N2O3. The van der Waals surface area contributed by atoms with Crippen molar-refractivity contribution in [2.24, 2.45) is 11.7 Å². The number of carbonyl (C=O) groups excluding carboxylic acids is 2. The molecule has 1 aliphatic rings. The first kappa shape index (κ1) is 16.2. The van der Waals surface area contributed by atoms with E-state index in [-0.39, 0.29) is 30.5 Å². The second-order valence-electron chi connectivity index (χ2n) is 5.24. The lowest BCUT2D eigenvalue weighted by Crippen LogP contribution is -2.44. The number of ether oxygens (including phenoxy) is 1. The molecule has 1 aliphatic heterocycles. The van der Waals surface area contributed by atoms with Gasteiger partial charge in [-0.1, -0.05) is 18.2 Å². The number of likely N-dealkylation sites (tertiary alicyclic amines) is 1. The number of nitrogens with zero attached hydrogens (tertiary/aromatic N) is 1. The fraction of sp³-hybridized carbons (Fsp3) is 0.467. The van der Waals surface area contributed by atoms with Gasteiger partial charge in [0.2, 0.25) is 11.8 Å². The molecular weight excluding hydrogens is 294 g/mol. The van der Waals surface area contributed by atoms with Crippen molar-refractivity contribution in [1.29, 1.82) is 0 Å². The quantitative estimate of drug-likeness (QED) is 0.896. The lowest BCUT2D eigenvalue weighted by atomic mass is 9.97. The Morgan fingerprint density at radius 1 is 1.36 bits per heavy atom. The van der Waals surface area contributed by atoms with Gasteiger partial charge >= 0.3 is 6.61 Å². The van der Waals surface area contributed by atoms with Crippen LogP contribution in [0.3, 0.4) is 0 Å². The topological polar surface area (TPSA) is 72.6 Å². The van der Waals surface area contributed by atoms with Crippen LogP contribution in [0.1, 0.15) is 18.4 Å². The highest BCUT2D eigenvalue weighted by Crippen LogP contribution is 2.23. The van der Waals surface area contributed by atoms with E-state index >= 15 is 0 Å². The van der Waals surface area contributed by atoms with Gasteiger partial charge in [-0.2, -0.15) is 8.78 Å². The number of alkyl halides is 2. The first-order chi connectivity index (χ1) is 10.5. The van der Waals surface area contributed by atoms with Crippen molar-refractivity contribution >= 4 is 11.8 Å². The zero-order valence-electron chi connectivity index (χ0n) is 12.0. The van der Waals surface area contributed by atoms with Crippen LogP contribution in [0.15, 0.2) is 24.3 Å². The smallest absolute Gasteiger partial charge is 0.387 e. The number of carbonyl (C=O) groups is 2. The Balaban J connectivity index is 2.04. The molecule has 1 heterocycles. The van der Waals surface area contributed by atoms with Gasteiger partial charge in [-0.15, -0.1) is 0 Å². The molecule has 2 N–H and O–H groups in total. The molecule has 0 bridgehead atoms. The van der Waals surface area contributed by atoms with Gasteiger partial charge < -0.3 is 15.4 Å². The maximum Gasteiger partial charge on any atom is 0.387 e. The fourth-order valence-electron chi connectivity index (χ4n) is 2.57. The van der Waals surface area contributed by atoms with Crippen molar-refractivity contribution in [3.63, 3.8) is 0 Å². The van der Waals surface area contributed by atoms with Crippen molar-refractivity contribution in [1.82, 2.24) is 4.90 Å². The maximum atomic E-state index is 12.4. The number of piperidine rings is 1. The first-order valence-electron chi connectivity index (χ1n) is 7.07. The van der Waals surface area contributed by atoms with E-state index in [2.05, 4.69) is 4.74 Å². The third-order valence-electron chi connectivity index (χ3n) is 3.71. The van der Waals surface area contributed by atoms with Crippen molar-refractivity contribution in [2.75, 3.05) is 13.1 Å². The summed E-state index contributed by atoms with van der Waals surface area (Å²) >= 11 is 0. The number of rotatable bonds is 5. The van der Waals surface area contributed by atoms with Crippen molar-refractivity contribution in [3.05, 3.63) is 29.8 Å². The highest BCUT2D eigenvalue weighted by Gasteiger charge is 2.27. The minimum absolute atomic E-state index is 0.00527. The molecule has 0 saturated carbocycles. The van der Waals surface area contributed by atoms with Crippen LogP contribution in [0.4, 0.5) is 8.78 Å². The van der Waals surface area contributed by atoms with Gasteiger partial charge in [0.25, 0.3) is 0 Å². The Bertz CT molecular complexity index is 551. The monoisotopic (exact) mass is 312 g/mol. The molecule has 120 valence electrons. The normalized spacial score (nSPS) is 18.3. The van der Waals surface area contributed by atoms with Gasteiger partial charge in [-0.3, -0.25) is 9.59 Å². The predicted octanol–water partition coefficient (Wildman–Crippen LogP) is 1.55. The average molecular weight is 312 g/mol. The van der Waals surface area contributed by atoms with Crippen LogP contribution in [0, 0.1) is 5.92 Å². The second-order valence-corrected chi connectivity index (χ2v) is 5.24. The molecule has 1 aromatic carbocycles. The van der Waals surface area contributed by atoms with E-state index in [1.807, 2.05) is 0 Å².